The molecule has 3 atom stereocenters. The minimum absolute atomic E-state index is 0. The molecule has 3 N–H and O–H groups in total. The molecule has 2 amide bonds. The van der Waals surface area contributed by atoms with Crippen molar-refractivity contribution >= 4 is 68.9 Å². The molecular formula is C64H88ClN9O6. The van der Waals surface area contributed by atoms with Gasteiger partial charge in [-0.05, 0) is 185 Å². The van der Waals surface area contributed by atoms with Crippen LogP contribution in [-0.4, -0.2) is 126 Å². The van der Waals surface area contributed by atoms with E-state index < -0.39 is 6.04 Å². The summed E-state index contributed by atoms with van der Waals surface area (Å²) in [5, 5.41) is 22.3. The van der Waals surface area contributed by atoms with E-state index in [9.17, 15) is 24.4 Å². The molecule has 4 fully saturated rings. The second-order valence-corrected chi connectivity index (χ2v) is 23.0. The first-order valence-corrected chi connectivity index (χ1v) is 29.5. The van der Waals surface area contributed by atoms with E-state index in [2.05, 4.69) is 96.0 Å². The van der Waals surface area contributed by atoms with Gasteiger partial charge in [0, 0.05) is 58.4 Å². The molecule has 15 nitrogen and oxygen atoms in total. The van der Waals surface area contributed by atoms with Crippen LogP contribution >= 0.6 is 12.4 Å². The van der Waals surface area contributed by atoms with E-state index in [-0.39, 0.29) is 48.1 Å². The second kappa shape index (κ2) is 30.0. The number of amides is 2. The zero-order valence-electron chi connectivity index (χ0n) is 48.3. The van der Waals surface area contributed by atoms with Gasteiger partial charge in [0.1, 0.15) is 23.1 Å². The van der Waals surface area contributed by atoms with Crippen LogP contribution in [0.25, 0.3) is 32.7 Å². The zero-order chi connectivity index (χ0) is 55.8. The summed E-state index contributed by atoms with van der Waals surface area (Å²) < 4.78 is 16.9. The highest BCUT2D eigenvalue weighted by molar-refractivity contribution is 5.99. The summed E-state index contributed by atoms with van der Waals surface area (Å²) in [7, 11) is 4.34. The number of nitrogens with zero attached hydrogens (tertiary/aromatic N) is 6. The van der Waals surface area contributed by atoms with Gasteiger partial charge >= 0.3 is 11.9 Å². The van der Waals surface area contributed by atoms with Gasteiger partial charge in [0.2, 0.25) is 5.91 Å². The van der Waals surface area contributed by atoms with Gasteiger partial charge < -0.3 is 48.9 Å². The molecule has 1 aliphatic carbocycles. The molecule has 0 unspecified atom stereocenters. The van der Waals surface area contributed by atoms with Crippen LogP contribution in [0, 0.1) is 40.9 Å². The van der Waals surface area contributed by atoms with Crippen molar-refractivity contribution in [2.75, 3.05) is 66.6 Å². The number of hydrogen-bond acceptors (Lipinski definition) is 10. The van der Waals surface area contributed by atoms with Gasteiger partial charge in [-0.25, -0.2) is 9.59 Å². The van der Waals surface area contributed by atoms with E-state index in [0.717, 1.165) is 143 Å². The molecule has 3 saturated heterocycles. The first kappa shape index (κ1) is 61.4. The van der Waals surface area contributed by atoms with Crippen LogP contribution in [0.2, 0.25) is 0 Å². The number of aromatic nitrogens is 3. The third-order valence-electron chi connectivity index (χ3n) is 16.7. The van der Waals surface area contributed by atoms with E-state index in [4.69, 9.17) is 9.47 Å². The number of nitriles is 1. The monoisotopic (exact) mass is 1110 g/mol. The number of nitrogens with one attached hydrogen (secondary N) is 3. The van der Waals surface area contributed by atoms with E-state index in [1.165, 1.54) is 12.8 Å². The maximum Gasteiger partial charge on any atom is 0.354 e. The van der Waals surface area contributed by atoms with Crippen molar-refractivity contribution in [3.05, 3.63) is 108 Å². The molecule has 4 aliphatic rings. The lowest BCUT2D eigenvalue weighted by Gasteiger charge is -2.32. The Hall–Kier alpha value is -6.18. The molecule has 6 heterocycles. The highest BCUT2D eigenvalue weighted by Crippen LogP contribution is 2.30. The van der Waals surface area contributed by atoms with Gasteiger partial charge in [-0.2, -0.15) is 5.26 Å². The maximum absolute atomic E-state index is 13.7. The number of rotatable bonds is 16. The summed E-state index contributed by atoms with van der Waals surface area (Å²) in [6.45, 7) is 17.8. The van der Waals surface area contributed by atoms with E-state index in [1.54, 1.807) is 0 Å². The predicted molar refractivity (Wildman–Crippen MR) is 321 cm³/mol. The third kappa shape index (κ3) is 16.0. The molecule has 0 radical (unpaired) electrons. The lowest BCUT2D eigenvalue weighted by atomic mass is 9.83. The van der Waals surface area contributed by atoms with E-state index in [0.29, 0.717) is 60.4 Å². The Labute approximate surface area is 480 Å². The number of halogens is 1. The Bertz CT molecular complexity index is 3010. The van der Waals surface area contributed by atoms with Gasteiger partial charge in [0.15, 0.2) is 0 Å². The number of piperidine rings is 3. The van der Waals surface area contributed by atoms with Crippen LogP contribution in [0.1, 0.15) is 130 Å². The molecule has 80 heavy (non-hydrogen) atoms. The van der Waals surface area contributed by atoms with Gasteiger partial charge in [0.05, 0.1) is 25.2 Å². The number of ether oxygens (including phenoxy) is 2. The number of para-hydroxylation sites is 3. The average molecular weight is 1110 g/mol. The van der Waals surface area contributed by atoms with Crippen molar-refractivity contribution in [2.45, 2.75) is 130 Å². The number of likely N-dealkylation sites (tertiary alicyclic amines) is 2. The first-order chi connectivity index (χ1) is 38.3. The third-order valence-corrected chi connectivity index (χ3v) is 16.7. The largest absolute Gasteiger partial charge is 0.461 e. The van der Waals surface area contributed by atoms with Crippen molar-refractivity contribution in [3.8, 4) is 6.07 Å². The second-order valence-electron chi connectivity index (χ2n) is 23.0. The van der Waals surface area contributed by atoms with E-state index in [1.807, 2.05) is 82.3 Å². The summed E-state index contributed by atoms with van der Waals surface area (Å²) in [4.78, 5) is 56.1. The molecule has 0 bridgehead atoms. The summed E-state index contributed by atoms with van der Waals surface area (Å²) in [6.07, 6.45) is 11.0. The van der Waals surface area contributed by atoms with Crippen LogP contribution in [0.15, 0.2) is 91.0 Å². The summed E-state index contributed by atoms with van der Waals surface area (Å²) in [5.41, 5.74) is 5.38. The standard InChI is InChI=1S/C29H41N5O2.C18H24N2O2.C17H22N2O2.ClH/c1-20(2)16-23(18-30)31-28(35)24-9-5-6-10-25(24)32-29(36)27-17-22-8-4-7-11-26(22)34(27)19-21-12-14-33(3)15-13-21;1-3-22-18(21)17-12-15-6-4-5-7-16(15)20(17)13-14-8-10-19(2)11-9-14;1-2-21-17(20)16-11-14-5-3-4-6-15(14)19(16)12-13-7-9-18-10-8-13;/h4,7-8,11,17,20-21,23-25H,5-6,9-10,12-16,19H2,1-3H3,(H,31,35)(H,32,36);4-7,12,14H,3,8-11,13H2,1-2H3;3-6,11,13,18H,2,7-10,12H2,1H3;1H/t23-,24+,25-;;;/m0.../s1. The Morgan fingerprint density at radius 3 is 1.46 bits per heavy atom. The first-order valence-electron chi connectivity index (χ1n) is 29.5. The van der Waals surface area contributed by atoms with Crippen LogP contribution in [0.3, 0.4) is 0 Å². The molecule has 3 aliphatic heterocycles. The number of carbonyl (C=O) groups excluding carboxylic acids is 4. The van der Waals surface area contributed by atoms with Gasteiger partial charge in [0.25, 0.3) is 5.91 Å². The molecule has 6 aromatic rings. The number of hydrogen-bond donors (Lipinski definition) is 3. The van der Waals surface area contributed by atoms with E-state index >= 15 is 0 Å². The normalized spacial score (nSPS) is 19.0. The Morgan fingerprint density at radius 2 is 1.02 bits per heavy atom. The van der Waals surface area contributed by atoms with Gasteiger partial charge in [-0.15, -0.1) is 12.4 Å². The topological polar surface area (TPSA) is 168 Å². The average Bonchev–Trinajstić information content (AvgIpc) is 4.17. The van der Waals surface area contributed by atoms with Crippen LogP contribution in [0.5, 0.6) is 0 Å². The lowest BCUT2D eigenvalue weighted by Crippen LogP contribution is -2.50. The van der Waals surface area contributed by atoms with Crippen LogP contribution < -0.4 is 16.0 Å². The zero-order valence-corrected chi connectivity index (χ0v) is 49.1. The van der Waals surface area contributed by atoms with Gasteiger partial charge in [-0.1, -0.05) is 81.3 Å². The maximum atomic E-state index is 13.7. The van der Waals surface area contributed by atoms with Gasteiger partial charge in [-0.3, -0.25) is 9.59 Å². The predicted octanol–water partition coefficient (Wildman–Crippen LogP) is 10.7. The Kier molecular flexibility index (Phi) is 23.1. The fourth-order valence-corrected chi connectivity index (χ4v) is 12.2. The van der Waals surface area contributed by atoms with Crippen molar-refractivity contribution in [2.24, 2.45) is 29.6 Å². The number of esters is 2. The Balaban J connectivity index is 0.000000182. The molecule has 0 spiro atoms. The number of fused-ring (bicyclic) bond motifs is 3. The molecule has 16 heteroatoms. The molecule has 10 rings (SSSR count). The molecule has 3 aromatic heterocycles. The highest BCUT2D eigenvalue weighted by Gasteiger charge is 2.34. The smallest absolute Gasteiger partial charge is 0.354 e. The molecule has 3 aromatic carbocycles. The minimum atomic E-state index is -0.493. The van der Waals surface area contributed by atoms with Crippen LogP contribution in [0.4, 0.5) is 0 Å². The highest BCUT2D eigenvalue weighted by atomic mass is 35.5. The van der Waals surface area contributed by atoms with Crippen molar-refractivity contribution in [3.63, 3.8) is 0 Å². The fourth-order valence-electron chi connectivity index (χ4n) is 12.2. The molecule has 432 valence electrons. The van der Waals surface area contributed by atoms with Crippen molar-refractivity contribution < 1.29 is 28.7 Å². The SMILES string of the molecule is CC(C)C[C@@H](C#N)NC(=O)[C@@H]1CCCC[C@@H]1NC(=O)c1cc2ccccc2n1CC1CCN(C)CC1.CCOC(=O)c1cc2ccccc2n1CC1CCN(C)CC1.CCOC(=O)c1cc2ccccc2n1CC1CCNCC1.Cl. The number of carbonyl (C=O) groups is 4. The summed E-state index contributed by atoms with van der Waals surface area (Å²) in [5.74, 6) is 1.15. The van der Waals surface area contributed by atoms with Crippen molar-refractivity contribution in [1.82, 2.24) is 39.5 Å². The molecule has 1 saturated carbocycles. The Morgan fingerprint density at radius 1 is 0.613 bits per heavy atom. The minimum Gasteiger partial charge on any atom is -0.461 e. The van der Waals surface area contributed by atoms with Crippen LogP contribution in [-0.2, 0) is 33.9 Å². The summed E-state index contributed by atoms with van der Waals surface area (Å²) >= 11 is 0. The number of benzene rings is 3. The lowest BCUT2D eigenvalue weighted by molar-refractivity contribution is -0.127. The molecular weight excluding hydrogens is 1030 g/mol. The fraction of sp³-hybridized carbons (Fsp3) is 0.547. The van der Waals surface area contributed by atoms with Crippen molar-refractivity contribution in [1.29, 1.82) is 5.26 Å². The summed E-state index contributed by atoms with van der Waals surface area (Å²) in [6, 6.07) is 32.0. The quantitative estimate of drug-likeness (QED) is 0.0794.